The molecule has 0 fully saturated rings. The largest absolute Gasteiger partial charge is 0.264 e. The predicted octanol–water partition coefficient (Wildman–Crippen LogP) is 3.22. The van der Waals surface area contributed by atoms with Crippen LogP contribution in [0.25, 0.3) is 11.0 Å². The molecule has 0 radical (unpaired) electrons. The van der Waals surface area contributed by atoms with Gasteiger partial charge >= 0.3 is 0 Å². The van der Waals surface area contributed by atoms with Crippen molar-refractivity contribution >= 4 is 11.0 Å². The Labute approximate surface area is 117 Å². The van der Waals surface area contributed by atoms with Crippen molar-refractivity contribution in [1.82, 2.24) is 15.0 Å². The second kappa shape index (κ2) is 6.98. The first-order chi connectivity index (χ1) is 9.72. The van der Waals surface area contributed by atoms with Crippen LogP contribution in [-0.4, -0.2) is 26.5 Å². The van der Waals surface area contributed by atoms with E-state index in [4.69, 9.17) is 0 Å². The van der Waals surface area contributed by atoms with Crippen LogP contribution in [0, 0.1) is 10.1 Å². The van der Waals surface area contributed by atoms with Gasteiger partial charge in [-0.25, -0.2) is 4.68 Å². The highest BCUT2D eigenvalue weighted by molar-refractivity contribution is 5.73. The summed E-state index contributed by atoms with van der Waals surface area (Å²) < 4.78 is 1.71. The molecule has 1 heterocycles. The van der Waals surface area contributed by atoms with Gasteiger partial charge < -0.3 is 0 Å². The van der Waals surface area contributed by atoms with Gasteiger partial charge in [-0.3, -0.25) is 10.1 Å². The summed E-state index contributed by atoms with van der Waals surface area (Å²) in [5.74, 6) is 0. The fraction of sp³-hybridized carbons (Fsp3) is 0.571. The topological polar surface area (TPSA) is 73.8 Å². The van der Waals surface area contributed by atoms with Crippen LogP contribution in [0.3, 0.4) is 0 Å². The van der Waals surface area contributed by atoms with Gasteiger partial charge in [-0.05, 0) is 18.6 Å². The highest BCUT2D eigenvalue weighted by Crippen LogP contribution is 2.21. The number of fused-ring (bicyclic) bond motifs is 1. The molecule has 0 aliphatic rings. The Morgan fingerprint density at radius 1 is 1.30 bits per heavy atom. The number of benzene rings is 1. The van der Waals surface area contributed by atoms with Crippen molar-refractivity contribution in [3.05, 3.63) is 34.4 Å². The van der Waals surface area contributed by atoms with E-state index < -0.39 is 0 Å². The van der Waals surface area contributed by atoms with Crippen LogP contribution in [0.4, 0.5) is 0 Å². The minimum atomic E-state index is -0.263. The van der Waals surface area contributed by atoms with E-state index in [0.717, 1.165) is 36.7 Å². The molecule has 108 valence electrons. The van der Waals surface area contributed by atoms with Gasteiger partial charge in [-0.2, -0.15) is 0 Å². The van der Waals surface area contributed by atoms with Crippen molar-refractivity contribution in [3.8, 4) is 0 Å². The Hall–Kier alpha value is -1.98. The Kier molecular flexibility index (Phi) is 5.03. The molecule has 6 nitrogen and oxygen atoms in total. The summed E-state index contributed by atoms with van der Waals surface area (Å²) >= 11 is 0. The molecule has 1 aromatic carbocycles. The zero-order chi connectivity index (χ0) is 14.4. The summed E-state index contributed by atoms with van der Waals surface area (Å²) in [6.07, 6.45) is 5.20. The van der Waals surface area contributed by atoms with Crippen LogP contribution >= 0.6 is 0 Å². The molecule has 2 aromatic rings. The van der Waals surface area contributed by atoms with Crippen LogP contribution in [0.1, 0.15) is 45.1 Å². The maximum absolute atomic E-state index is 10.9. The number of unbranched alkanes of at least 4 members (excludes halogenated alkanes) is 3. The first kappa shape index (κ1) is 14.4. The number of nitro groups is 1. The third-order valence-electron chi connectivity index (χ3n) is 3.47. The summed E-state index contributed by atoms with van der Waals surface area (Å²) in [5, 5.41) is 19.1. The lowest BCUT2D eigenvalue weighted by Crippen LogP contribution is -2.20. The monoisotopic (exact) mass is 276 g/mol. The SMILES string of the molecule is CCCCCC[C@H](C[N+](=O)[O-])n1nnc2ccccc21. The standard InChI is InChI=1S/C14H20N4O2/c1-2-3-4-5-8-12(11-17(19)20)18-14-10-7-6-9-13(14)15-16-18/h6-7,9-10,12H,2-5,8,11H2,1H3/t12-/m1/s1. The maximum atomic E-state index is 10.9. The lowest BCUT2D eigenvalue weighted by molar-refractivity contribution is -0.486. The highest BCUT2D eigenvalue weighted by atomic mass is 16.6. The van der Waals surface area contributed by atoms with Gasteiger partial charge in [-0.1, -0.05) is 50.0 Å². The lowest BCUT2D eigenvalue weighted by atomic mass is 10.1. The fourth-order valence-corrected chi connectivity index (χ4v) is 2.43. The van der Waals surface area contributed by atoms with Crippen LogP contribution < -0.4 is 0 Å². The molecule has 0 saturated heterocycles. The second-order valence-electron chi connectivity index (χ2n) is 5.04. The molecule has 0 bridgehead atoms. The molecule has 0 unspecified atom stereocenters. The molecule has 1 atom stereocenters. The van der Waals surface area contributed by atoms with Crippen molar-refractivity contribution in [3.63, 3.8) is 0 Å². The summed E-state index contributed by atoms with van der Waals surface area (Å²) in [4.78, 5) is 10.6. The van der Waals surface area contributed by atoms with Gasteiger partial charge in [0.2, 0.25) is 6.54 Å². The normalized spacial score (nSPS) is 12.7. The van der Waals surface area contributed by atoms with E-state index in [2.05, 4.69) is 17.2 Å². The minimum absolute atomic E-state index is 0.0977. The van der Waals surface area contributed by atoms with E-state index in [9.17, 15) is 10.1 Å². The molecular weight excluding hydrogens is 256 g/mol. The molecule has 1 aromatic heterocycles. The average molecular weight is 276 g/mol. The molecular formula is C14H20N4O2. The van der Waals surface area contributed by atoms with Crippen molar-refractivity contribution in [2.75, 3.05) is 6.54 Å². The van der Waals surface area contributed by atoms with Crippen LogP contribution in [0.5, 0.6) is 0 Å². The fourth-order valence-electron chi connectivity index (χ4n) is 2.43. The summed E-state index contributed by atoms with van der Waals surface area (Å²) in [6, 6.07) is 7.37. The first-order valence-electron chi connectivity index (χ1n) is 7.14. The smallest absolute Gasteiger partial charge is 0.226 e. The molecule has 20 heavy (non-hydrogen) atoms. The molecule has 0 amide bonds. The van der Waals surface area contributed by atoms with E-state index in [-0.39, 0.29) is 17.5 Å². The van der Waals surface area contributed by atoms with Gasteiger partial charge in [0, 0.05) is 4.92 Å². The average Bonchev–Trinajstić information content (AvgIpc) is 2.86. The Bertz CT molecular complexity index is 567. The highest BCUT2D eigenvalue weighted by Gasteiger charge is 2.20. The van der Waals surface area contributed by atoms with E-state index >= 15 is 0 Å². The Morgan fingerprint density at radius 3 is 2.85 bits per heavy atom. The molecule has 0 aliphatic carbocycles. The Balaban J connectivity index is 2.14. The van der Waals surface area contributed by atoms with Crippen molar-refractivity contribution < 1.29 is 4.92 Å². The number of rotatable bonds is 8. The van der Waals surface area contributed by atoms with E-state index in [1.54, 1.807) is 4.68 Å². The lowest BCUT2D eigenvalue weighted by Gasteiger charge is -2.13. The number of hydrogen-bond donors (Lipinski definition) is 0. The second-order valence-corrected chi connectivity index (χ2v) is 5.04. The summed E-state index contributed by atoms with van der Waals surface area (Å²) in [6.45, 7) is 2.05. The summed E-state index contributed by atoms with van der Waals surface area (Å²) in [5.41, 5.74) is 1.66. The van der Waals surface area contributed by atoms with Crippen molar-refractivity contribution in [2.24, 2.45) is 0 Å². The van der Waals surface area contributed by atoms with E-state index in [1.807, 2.05) is 24.3 Å². The predicted molar refractivity (Wildman–Crippen MR) is 77.2 cm³/mol. The van der Waals surface area contributed by atoms with Gasteiger partial charge in [0.25, 0.3) is 0 Å². The third-order valence-corrected chi connectivity index (χ3v) is 3.47. The van der Waals surface area contributed by atoms with Gasteiger partial charge in [0.05, 0.1) is 5.52 Å². The zero-order valence-electron chi connectivity index (χ0n) is 11.7. The van der Waals surface area contributed by atoms with Crippen molar-refractivity contribution in [1.29, 1.82) is 0 Å². The summed E-state index contributed by atoms with van der Waals surface area (Å²) in [7, 11) is 0. The van der Waals surface area contributed by atoms with Gasteiger partial charge in [0.1, 0.15) is 11.6 Å². The molecule has 0 N–H and O–H groups in total. The molecule has 2 rings (SSSR count). The van der Waals surface area contributed by atoms with Gasteiger partial charge in [0.15, 0.2) is 0 Å². The third kappa shape index (κ3) is 3.53. The van der Waals surface area contributed by atoms with E-state index in [0.29, 0.717) is 0 Å². The number of hydrogen-bond acceptors (Lipinski definition) is 4. The van der Waals surface area contributed by atoms with Crippen LogP contribution in [0.15, 0.2) is 24.3 Å². The number of aromatic nitrogens is 3. The molecule has 0 spiro atoms. The molecule has 0 aliphatic heterocycles. The van der Waals surface area contributed by atoms with Gasteiger partial charge in [-0.15, -0.1) is 5.10 Å². The minimum Gasteiger partial charge on any atom is -0.264 e. The maximum Gasteiger partial charge on any atom is 0.226 e. The van der Waals surface area contributed by atoms with E-state index in [1.165, 1.54) is 6.42 Å². The number of nitrogens with zero attached hydrogens (tertiary/aromatic N) is 4. The number of para-hydroxylation sites is 1. The molecule has 6 heteroatoms. The van der Waals surface area contributed by atoms with Crippen LogP contribution in [0.2, 0.25) is 0 Å². The quantitative estimate of drug-likeness (QED) is 0.421. The zero-order valence-corrected chi connectivity index (χ0v) is 11.7. The molecule has 0 saturated carbocycles. The van der Waals surface area contributed by atoms with Crippen molar-refractivity contribution in [2.45, 2.75) is 45.1 Å². The first-order valence-corrected chi connectivity index (χ1v) is 7.14. The Morgan fingerprint density at radius 2 is 2.10 bits per heavy atom. The van der Waals surface area contributed by atoms with Crippen LogP contribution in [-0.2, 0) is 0 Å².